The Balaban J connectivity index is 3.09. The maximum absolute atomic E-state index is 12.5. The van der Waals surface area contributed by atoms with E-state index in [4.69, 9.17) is 5.73 Å². The number of nitrogens with two attached hydrogens (primary N) is 1. The van der Waals surface area contributed by atoms with Crippen molar-refractivity contribution in [3.05, 3.63) is 11.9 Å². The summed E-state index contributed by atoms with van der Waals surface area (Å²) in [4.78, 5) is 17.4. The van der Waals surface area contributed by atoms with Crippen molar-refractivity contribution in [3.8, 4) is 0 Å². The van der Waals surface area contributed by atoms with Crippen molar-refractivity contribution in [1.82, 2.24) is 9.97 Å². The summed E-state index contributed by atoms with van der Waals surface area (Å²) < 4.78 is 37.5. The van der Waals surface area contributed by atoms with Gasteiger partial charge in [-0.05, 0) is 6.92 Å². The van der Waals surface area contributed by atoms with Gasteiger partial charge in [-0.3, -0.25) is 4.79 Å². The van der Waals surface area contributed by atoms with Crippen LogP contribution in [-0.2, 0) is 11.0 Å². The first-order valence-electron chi connectivity index (χ1n) is 4.94. The second kappa shape index (κ2) is 5.07. The van der Waals surface area contributed by atoms with E-state index in [0.717, 1.165) is 0 Å². The van der Waals surface area contributed by atoms with Crippen LogP contribution in [0.25, 0.3) is 0 Å². The van der Waals surface area contributed by atoms with Gasteiger partial charge < -0.3 is 16.4 Å². The number of aromatic nitrogens is 2. The van der Waals surface area contributed by atoms with E-state index >= 15 is 0 Å². The molecule has 0 saturated heterocycles. The van der Waals surface area contributed by atoms with Crippen LogP contribution in [0.1, 0.15) is 12.7 Å². The summed E-state index contributed by atoms with van der Waals surface area (Å²) in [5.41, 5.74) is 5.00. The van der Waals surface area contributed by atoms with Crippen LogP contribution >= 0.6 is 0 Å². The molecular weight excluding hydrogens is 251 g/mol. The fourth-order valence-electron chi connectivity index (χ4n) is 1.07. The Morgan fingerprint density at radius 2 is 1.94 bits per heavy atom. The summed E-state index contributed by atoms with van der Waals surface area (Å²) in [7, 11) is 1.42. The minimum absolute atomic E-state index is 0.0171. The number of nitrogens with zero attached hydrogens (tertiary/aromatic N) is 2. The Hall–Kier alpha value is -2.06. The smallest absolute Gasteiger partial charge is 0.373 e. The van der Waals surface area contributed by atoms with Crippen LogP contribution in [0.3, 0.4) is 0 Å². The Morgan fingerprint density at radius 3 is 2.39 bits per heavy atom. The Labute approximate surface area is 101 Å². The van der Waals surface area contributed by atoms with Crippen LogP contribution in [-0.4, -0.2) is 29.0 Å². The molecule has 0 aromatic carbocycles. The molecule has 1 unspecified atom stereocenters. The Bertz CT molecular complexity index is 448. The molecule has 0 spiro atoms. The molecule has 4 N–H and O–H groups in total. The van der Waals surface area contributed by atoms with Gasteiger partial charge in [-0.15, -0.1) is 0 Å². The molecule has 0 bridgehead atoms. The number of nitrogens with one attached hydrogen (secondary N) is 2. The monoisotopic (exact) mass is 263 g/mol. The first-order valence-corrected chi connectivity index (χ1v) is 4.94. The molecule has 1 aromatic heterocycles. The number of primary amides is 1. The SMILES string of the molecule is CNc1cc(NC(C)C(N)=O)nc(C(F)(F)F)n1. The van der Waals surface area contributed by atoms with E-state index in [1.807, 2.05) is 0 Å². The number of rotatable bonds is 4. The second-order valence-corrected chi connectivity index (χ2v) is 3.48. The molecule has 0 radical (unpaired) electrons. The number of alkyl halides is 3. The first kappa shape index (κ1) is 14.0. The maximum Gasteiger partial charge on any atom is 0.451 e. The van der Waals surface area contributed by atoms with E-state index in [9.17, 15) is 18.0 Å². The van der Waals surface area contributed by atoms with Crippen molar-refractivity contribution in [2.75, 3.05) is 17.7 Å². The molecule has 100 valence electrons. The second-order valence-electron chi connectivity index (χ2n) is 3.48. The van der Waals surface area contributed by atoms with Crippen molar-refractivity contribution >= 4 is 17.5 Å². The third-order valence-corrected chi connectivity index (χ3v) is 2.03. The largest absolute Gasteiger partial charge is 0.451 e. The molecule has 0 aliphatic rings. The van der Waals surface area contributed by atoms with Gasteiger partial charge in [0.15, 0.2) is 0 Å². The fraction of sp³-hybridized carbons (Fsp3) is 0.444. The molecule has 6 nitrogen and oxygen atoms in total. The van der Waals surface area contributed by atoms with Gasteiger partial charge in [-0.2, -0.15) is 13.2 Å². The van der Waals surface area contributed by atoms with Gasteiger partial charge in [0.25, 0.3) is 0 Å². The lowest BCUT2D eigenvalue weighted by atomic mass is 10.3. The summed E-state index contributed by atoms with van der Waals surface area (Å²) in [6.07, 6.45) is -4.67. The molecule has 1 aromatic rings. The molecule has 1 atom stereocenters. The molecule has 1 heterocycles. The third-order valence-electron chi connectivity index (χ3n) is 2.03. The molecule has 0 aliphatic carbocycles. The number of amides is 1. The van der Waals surface area contributed by atoms with Crippen LogP contribution in [0, 0.1) is 0 Å². The molecule has 18 heavy (non-hydrogen) atoms. The highest BCUT2D eigenvalue weighted by Gasteiger charge is 2.35. The van der Waals surface area contributed by atoms with Gasteiger partial charge in [0.1, 0.15) is 17.7 Å². The number of hydrogen-bond acceptors (Lipinski definition) is 5. The van der Waals surface area contributed by atoms with Crippen LogP contribution in [0.4, 0.5) is 24.8 Å². The molecule has 0 fully saturated rings. The average Bonchev–Trinajstić information content (AvgIpc) is 2.27. The Morgan fingerprint density at radius 1 is 1.39 bits per heavy atom. The van der Waals surface area contributed by atoms with Crippen molar-refractivity contribution in [3.63, 3.8) is 0 Å². The first-order chi connectivity index (χ1) is 8.24. The number of carbonyl (C=O) groups is 1. The summed E-state index contributed by atoms with van der Waals surface area (Å²) in [6.45, 7) is 1.41. The van der Waals surface area contributed by atoms with Gasteiger partial charge in [0.2, 0.25) is 11.7 Å². The van der Waals surface area contributed by atoms with E-state index in [0.29, 0.717) is 0 Å². The van der Waals surface area contributed by atoms with Crippen molar-refractivity contribution < 1.29 is 18.0 Å². The van der Waals surface area contributed by atoms with Gasteiger partial charge in [0, 0.05) is 13.1 Å². The summed E-state index contributed by atoms with van der Waals surface area (Å²) >= 11 is 0. The van der Waals surface area contributed by atoms with Crippen LogP contribution in [0.5, 0.6) is 0 Å². The molecule has 1 rings (SSSR count). The fourth-order valence-corrected chi connectivity index (χ4v) is 1.07. The predicted octanol–water partition coefficient (Wildman–Crippen LogP) is 0.823. The number of carbonyl (C=O) groups excluding carboxylic acids is 1. The zero-order valence-electron chi connectivity index (χ0n) is 9.67. The third kappa shape index (κ3) is 3.47. The predicted molar refractivity (Wildman–Crippen MR) is 58.9 cm³/mol. The topological polar surface area (TPSA) is 92.9 Å². The number of anilines is 2. The van der Waals surface area contributed by atoms with Crippen molar-refractivity contribution in [2.24, 2.45) is 5.73 Å². The Kier molecular flexibility index (Phi) is 3.94. The van der Waals surface area contributed by atoms with Gasteiger partial charge in [0.05, 0.1) is 0 Å². The maximum atomic E-state index is 12.5. The van der Waals surface area contributed by atoms with Crippen molar-refractivity contribution in [1.29, 1.82) is 0 Å². The molecule has 0 aliphatic heterocycles. The summed E-state index contributed by atoms with van der Waals surface area (Å²) in [5, 5.41) is 4.94. The molecule has 1 amide bonds. The van der Waals surface area contributed by atoms with E-state index in [-0.39, 0.29) is 11.6 Å². The van der Waals surface area contributed by atoms with Gasteiger partial charge >= 0.3 is 6.18 Å². The lowest BCUT2D eigenvalue weighted by Crippen LogP contribution is -2.33. The number of halogens is 3. The van der Waals surface area contributed by atoms with E-state index < -0.39 is 23.9 Å². The average molecular weight is 263 g/mol. The zero-order chi connectivity index (χ0) is 13.9. The van der Waals surface area contributed by atoms with Gasteiger partial charge in [-0.1, -0.05) is 0 Å². The minimum Gasteiger partial charge on any atom is -0.373 e. The minimum atomic E-state index is -4.67. The van der Waals surface area contributed by atoms with Crippen molar-refractivity contribution in [2.45, 2.75) is 19.1 Å². The van der Waals surface area contributed by atoms with Crippen LogP contribution in [0.15, 0.2) is 6.07 Å². The van der Waals surface area contributed by atoms with E-state index in [1.54, 1.807) is 0 Å². The van der Waals surface area contributed by atoms with E-state index in [2.05, 4.69) is 20.6 Å². The highest BCUT2D eigenvalue weighted by Crippen LogP contribution is 2.28. The van der Waals surface area contributed by atoms with Gasteiger partial charge in [-0.25, -0.2) is 9.97 Å². The van der Waals surface area contributed by atoms with Crippen LogP contribution < -0.4 is 16.4 Å². The number of hydrogen-bond donors (Lipinski definition) is 3. The quantitative estimate of drug-likeness (QED) is 0.748. The molecular formula is C9H12F3N5O. The summed E-state index contributed by atoms with van der Waals surface area (Å²) in [5.74, 6) is -2.15. The molecule has 9 heteroatoms. The lowest BCUT2D eigenvalue weighted by molar-refractivity contribution is -0.144. The lowest BCUT2D eigenvalue weighted by Gasteiger charge is -2.14. The van der Waals surface area contributed by atoms with Crippen LogP contribution in [0.2, 0.25) is 0 Å². The highest BCUT2D eigenvalue weighted by molar-refractivity contribution is 5.82. The summed E-state index contributed by atoms with van der Waals surface area (Å²) in [6, 6.07) is 0.403. The highest BCUT2D eigenvalue weighted by atomic mass is 19.4. The molecule has 0 saturated carbocycles. The van der Waals surface area contributed by atoms with E-state index in [1.165, 1.54) is 20.0 Å². The standard InChI is InChI=1S/C9H12F3N5O/c1-4(7(13)18)15-6-3-5(14-2)16-8(17-6)9(10,11)12/h3-4H,1-2H3,(H2,13,18)(H2,14,15,16,17). The zero-order valence-corrected chi connectivity index (χ0v) is 9.67. The normalized spacial score (nSPS) is 12.9.